The maximum absolute atomic E-state index is 6.71. The molecule has 12 rings (SSSR count). The molecule has 1 aliphatic rings. The molecule has 0 radical (unpaired) electrons. The Bertz CT molecular complexity index is 3380. The predicted octanol–water partition coefficient (Wildman–Crippen LogP) is 14.5. The summed E-state index contributed by atoms with van der Waals surface area (Å²) in [5.41, 5.74) is 16.0. The fraction of sp³-hybridized carbons (Fsp3) is 0.0172. The monoisotopic (exact) mass is 791 g/mol. The maximum Gasteiger partial charge on any atom is 0.164 e. The topological polar surface area (TPSA) is 51.8 Å². The van der Waals surface area contributed by atoms with Gasteiger partial charge in [0.15, 0.2) is 17.5 Å². The van der Waals surface area contributed by atoms with Gasteiger partial charge in [-0.15, -0.1) is 0 Å². The summed E-state index contributed by atoms with van der Waals surface area (Å²) in [6, 6.07) is 79.3. The second-order valence-corrected chi connectivity index (χ2v) is 15.9. The number of hydrogen-bond acceptors (Lipinski definition) is 4. The van der Waals surface area contributed by atoms with Crippen molar-refractivity contribution in [3.63, 3.8) is 0 Å². The Morgan fingerprint density at radius 2 is 0.710 bits per heavy atom. The van der Waals surface area contributed by atoms with Crippen molar-refractivity contribution in [2.45, 2.75) is 5.41 Å². The van der Waals surface area contributed by atoms with Crippen molar-refractivity contribution in [3.05, 3.63) is 247 Å². The van der Waals surface area contributed by atoms with Crippen LogP contribution in [0.5, 0.6) is 0 Å². The largest absolute Gasteiger partial charge is 0.456 e. The van der Waals surface area contributed by atoms with Crippen molar-refractivity contribution in [2.24, 2.45) is 0 Å². The van der Waals surface area contributed by atoms with E-state index in [1.54, 1.807) is 0 Å². The van der Waals surface area contributed by atoms with E-state index in [1.165, 1.54) is 38.9 Å². The van der Waals surface area contributed by atoms with Gasteiger partial charge in [-0.05, 0) is 79.9 Å². The molecular formula is C58H37N3O. The molecule has 0 aliphatic heterocycles. The van der Waals surface area contributed by atoms with Crippen LogP contribution >= 0.6 is 0 Å². The average Bonchev–Trinajstić information content (AvgIpc) is 3.86. The first-order valence-corrected chi connectivity index (χ1v) is 21.0. The first-order valence-electron chi connectivity index (χ1n) is 21.0. The van der Waals surface area contributed by atoms with Crippen molar-refractivity contribution < 1.29 is 4.42 Å². The second kappa shape index (κ2) is 14.5. The highest BCUT2D eigenvalue weighted by atomic mass is 16.3. The summed E-state index contributed by atoms with van der Waals surface area (Å²) >= 11 is 0. The normalized spacial score (nSPS) is 12.6. The number of aromatic nitrogens is 3. The van der Waals surface area contributed by atoms with Crippen LogP contribution in [0.15, 0.2) is 229 Å². The van der Waals surface area contributed by atoms with Crippen LogP contribution in [0.25, 0.3) is 89.5 Å². The van der Waals surface area contributed by atoms with Gasteiger partial charge in [0.1, 0.15) is 11.2 Å². The van der Waals surface area contributed by atoms with Crippen LogP contribution in [0.1, 0.15) is 22.3 Å². The van der Waals surface area contributed by atoms with Gasteiger partial charge in [-0.2, -0.15) is 0 Å². The second-order valence-electron chi connectivity index (χ2n) is 15.9. The van der Waals surface area contributed by atoms with Crippen LogP contribution in [-0.2, 0) is 5.41 Å². The predicted molar refractivity (Wildman–Crippen MR) is 252 cm³/mol. The van der Waals surface area contributed by atoms with Gasteiger partial charge in [-0.3, -0.25) is 0 Å². The summed E-state index contributed by atoms with van der Waals surface area (Å²) in [5, 5.41) is 2.19. The van der Waals surface area contributed by atoms with Gasteiger partial charge in [0.25, 0.3) is 0 Å². The SMILES string of the molecule is c1ccc(-c2ccc(-c3nc(-c4ccccc4)nc(-c4ccc(-c5ccc6oc7cc8c(cc7c6c5)-c5ccccc5C8(c5ccccc5)c5ccccc5)cc4)n3)cc2)cc1. The number of furan rings is 1. The fourth-order valence-electron chi connectivity index (χ4n) is 9.49. The van der Waals surface area contributed by atoms with E-state index in [0.29, 0.717) is 17.5 Å². The molecule has 2 aromatic heterocycles. The van der Waals surface area contributed by atoms with E-state index in [0.717, 1.165) is 55.3 Å². The Balaban J connectivity index is 0.936. The summed E-state index contributed by atoms with van der Waals surface area (Å²) in [6.07, 6.45) is 0. The van der Waals surface area contributed by atoms with Crippen LogP contribution in [0.2, 0.25) is 0 Å². The summed E-state index contributed by atoms with van der Waals surface area (Å²) in [6.45, 7) is 0. The fourth-order valence-corrected chi connectivity index (χ4v) is 9.49. The van der Waals surface area contributed by atoms with E-state index in [-0.39, 0.29) is 0 Å². The van der Waals surface area contributed by atoms with Crippen molar-refractivity contribution in [3.8, 4) is 67.5 Å². The number of benzene rings is 9. The van der Waals surface area contributed by atoms with Gasteiger partial charge in [0.05, 0.1) is 5.41 Å². The molecule has 0 unspecified atom stereocenters. The molecule has 11 aromatic rings. The lowest BCUT2D eigenvalue weighted by molar-refractivity contribution is 0.666. The molecule has 1 aliphatic carbocycles. The van der Waals surface area contributed by atoms with Crippen molar-refractivity contribution in [1.29, 1.82) is 0 Å². The molecule has 0 saturated carbocycles. The Kier molecular flexibility index (Phi) is 8.36. The first kappa shape index (κ1) is 35.7. The molecule has 9 aromatic carbocycles. The molecule has 0 amide bonds. The summed E-state index contributed by atoms with van der Waals surface area (Å²) in [5.74, 6) is 1.90. The van der Waals surface area contributed by atoms with Crippen molar-refractivity contribution in [1.82, 2.24) is 15.0 Å². The third-order valence-electron chi connectivity index (χ3n) is 12.4. The zero-order valence-electron chi connectivity index (χ0n) is 33.6. The molecule has 0 saturated heterocycles. The number of nitrogens with zero attached hydrogens (tertiary/aromatic N) is 3. The summed E-state index contributed by atoms with van der Waals surface area (Å²) in [7, 11) is 0. The number of rotatable bonds is 7. The lowest BCUT2D eigenvalue weighted by atomic mass is 9.67. The van der Waals surface area contributed by atoms with Crippen LogP contribution in [-0.4, -0.2) is 15.0 Å². The standard InChI is InChI=1S/C58H37N3O/c1-5-15-38(16-6-1)39-25-29-42(30-26-39)56-59-55(41-17-7-2-8-18-41)60-57(61-56)43-31-27-40(28-32-43)44-33-34-53-49(35-44)50-36-48-47-23-13-14-24-51(47)58(45-19-9-3-10-20-45,46-21-11-4-12-22-46)52(48)37-54(50)62-53/h1-37H. The van der Waals surface area contributed by atoms with Crippen molar-refractivity contribution >= 4 is 21.9 Å². The molecule has 0 atom stereocenters. The Morgan fingerprint density at radius 1 is 0.290 bits per heavy atom. The minimum absolute atomic E-state index is 0.483. The average molecular weight is 792 g/mol. The molecule has 0 N–H and O–H groups in total. The van der Waals surface area contributed by atoms with Gasteiger partial charge >= 0.3 is 0 Å². The zero-order valence-corrected chi connectivity index (χ0v) is 33.6. The zero-order chi connectivity index (χ0) is 41.0. The van der Waals surface area contributed by atoms with E-state index < -0.39 is 5.41 Å². The number of fused-ring (bicyclic) bond motifs is 6. The third-order valence-corrected chi connectivity index (χ3v) is 12.4. The van der Waals surface area contributed by atoms with Gasteiger partial charge in [-0.25, -0.2) is 15.0 Å². The highest BCUT2D eigenvalue weighted by Crippen LogP contribution is 2.57. The van der Waals surface area contributed by atoms with Gasteiger partial charge in [0.2, 0.25) is 0 Å². The smallest absolute Gasteiger partial charge is 0.164 e. The minimum atomic E-state index is -0.483. The van der Waals surface area contributed by atoms with Crippen molar-refractivity contribution in [2.75, 3.05) is 0 Å². The molecule has 2 heterocycles. The lowest BCUT2D eigenvalue weighted by Gasteiger charge is -2.33. The van der Waals surface area contributed by atoms with Crippen LogP contribution < -0.4 is 0 Å². The Morgan fingerprint density at radius 3 is 1.29 bits per heavy atom. The molecule has 62 heavy (non-hydrogen) atoms. The van der Waals surface area contributed by atoms with Crippen LogP contribution in [0, 0.1) is 0 Å². The molecule has 0 bridgehead atoms. The molecular weight excluding hydrogens is 755 g/mol. The molecule has 4 heteroatoms. The quantitative estimate of drug-likeness (QED) is 0.161. The Labute approximate surface area is 359 Å². The lowest BCUT2D eigenvalue weighted by Crippen LogP contribution is -2.28. The highest BCUT2D eigenvalue weighted by molar-refractivity contribution is 6.09. The molecule has 0 spiro atoms. The number of hydrogen-bond donors (Lipinski definition) is 0. The maximum atomic E-state index is 6.71. The third kappa shape index (κ3) is 5.80. The van der Waals surface area contributed by atoms with E-state index in [4.69, 9.17) is 19.4 Å². The summed E-state index contributed by atoms with van der Waals surface area (Å²) < 4.78 is 6.71. The molecule has 0 fully saturated rings. The van der Waals surface area contributed by atoms with Gasteiger partial charge < -0.3 is 4.42 Å². The molecule has 290 valence electrons. The minimum Gasteiger partial charge on any atom is -0.456 e. The van der Waals surface area contributed by atoms with Gasteiger partial charge in [-0.1, -0.05) is 200 Å². The highest BCUT2D eigenvalue weighted by Gasteiger charge is 2.46. The van der Waals surface area contributed by atoms with E-state index in [2.05, 4.69) is 188 Å². The Hall–Kier alpha value is -8.21. The van der Waals surface area contributed by atoms with E-state index in [1.807, 2.05) is 36.4 Å². The summed E-state index contributed by atoms with van der Waals surface area (Å²) in [4.78, 5) is 15.0. The molecule has 4 nitrogen and oxygen atoms in total. The first-order chi connectivity index (χ1) is 30.7. The van der Waals surface area contributed by atoms with Crippen LogP contribution in [0.3, 0.4) is 0 Å². The van der Waals surface area contributed by atoms with E-state index >= 15 is 0 Å². The van der Waals surface area contributed by atoms with E-state index in [9.17, 15) is 0 Å². The van der Waals surface area contributed by atoms with Crippen LogP contribution in [0.4, 0.5) is 0 Å². The van der Waals surface area contributed by atoms with Gasteiger partial charge in [0, 0.05) is 27.5 Å².